The van der Waals surface area contributed by atoms with Crippen molar-refractivity contribution in [3.8, 4) is 5.75 Å². The van der Waals surface area contributed by atoms with Gasteiger partial charge in [-0.2, -0.15) is 0 Å². The highest BCUT2D eigenvalue weighted by Crippen LogP contribution is 2.35. The van der Waals surface area contributed by atoms with Gasteiger partial charge in [0.2, 0.25) is 10.0 Å². The lowest BCUT2D eigenvalue weighted by Crippen LogP contribution is -2.40. The number of rotatable bonds is 5. The lowest BCUT2D eigenvalue weighted by molar-refractivity contribution is 0.147. The van der Waals surface area contributed by atoms with E-state index in [-0.39, 0.29) is 24.2 Å². The molecule has 0 radical (unpaired) electrons. The average Bonchev–Trinajstić information content (AvgIpc) is 2.44. The maximum atomic E-state index is 12.1. The van der Waals surface area contributed by atoms with E-state index in [0.29, 0.717) is 11.7 Å². The van der Waals surface area contributed by atoms with Gasteiger partial charge in [0.15, 0.2) is 0 Å². The highest BCUT2D eigenvalue weighted by Gasteiger charge is 2.27. The van der Waals surface area contributed by atoms with E-state index >= 15 is 0 Å². The Bertz CT molecular complexity index is 601. The fraction of sp³-hybridized carbons (Fsp3) is 0.571. The number of anilines is 1. The Kier molecular flexibility index (Phi) is 4.75. The number of nitrogens with one attached hydrogen (secondary N) is 1. The van der Waals surface area contributed by atoms with Gasteiger partial charge >= 0.3 is 0 Å². The smallest absolute Gasteiger partial charge is 0.240 e. The zero-order valence-electron chi connectivity index (χ0n) is 12.5. The van der Waals surface area contributed by atoms with Crippen molar-refractivity contribution in [1.82, 2.24) is 4.72 Å². The second-order valence-corrected chi connectivity index (χ2v) is 7.30. The summed E-state index contributed by atoms with van der Waals surface area (Å²) in [4.78, 5) is 2.18. The molecule has 0 aromatic heterocycles. The summed E-state index contributed by atoms with van der Waals surface area (Å²) in [5, 5.41) is 8.74. The number of benzene rings is 1. The minimum atomic E-state index is -3.60. The van der Waals surface area contributed by atoms with Gasteiger partial charge in [-0.05, 0) is 24.1 Å². The van der Waals surface area contributed by atoms with Crippen LogP contribution in [0.25, 0.3) is 0 Å². The molecule has 0 spiro atoms. The van der Waals surface area contributed by atoms with Gasteiger partial charge in [0, 0.05) is 13.6 Å². The fourth-order valence-electron chi connectivity index (χ4n) is 2.24. The molecule has 2 N–H and O–H groups in total. The summed E-state index contributed by atoms with van der Waals surface area (Å²) < 4.78 is 32.4. The molecule has 0 amide bonds. The Morgan fingerprint density at radius 1 is 1.48 bits per heavy atom. The van der Waals surface area contributed by atoms with E-state index in [1.807, 2.05) is 11.9 Å². The van der Waals surface area contributed by atoms with Crippen LogP contribution in [0.2, 0.25) is 0 Å². The molecule has 1 heterocycles. The second-order valence-electron chi connectivity index (χ2n) is 5.53. The van der Waals surface area contributed by atoms with Crippen LogP contribution in [-0.4, -0.2) is 46.4 Å². The number of likely N-dealkylation sites (N-methyl/N-ethyl adjacent to an activating group) is 1. The molecule has 6 nitrogen and oxygen atoms in total. The maximum absolute atomic E-state index is 12.1. The van der Waals surface area contributed by atoms with Crippen molar-refractivity contribution < 1.29 is 18.3 Å². The quantitative estimate of drug-likeness (QED) is 0.841. The van der Waals surface area contributed by atoms with Crippen LogP contribution in [0, 0.1) is 5.92 Å². The summed E-state index contributed by atoms with van der Waals surface area (Å²) >= 11 is 0. The highest BCUT2D eigenvalue weighted by atomic mass is 32.2. The van der Waals surface area contributed by atoms with Crippen LogP contribution < -0.4 is 14.4 Å². The number of aliphatic hydroxyl groups excluding tert-OH is 1. The van der Waals surface area contributed by atoms with E-state index in [0.717, 1.165) is 12.2 Å². The van der Waals surface area contributed by atoms with E-state index in [4.69, 9.17) is 9.84 Å². The molecular weight excluding hydrogens is 292 g/mol. The van der Waals surface area contributed by atoms with Crippen LogP contribution in [-0.2, 0) is 10.0 Å². The van der Waals surface area contributed by atoms with Gasteiger partial charge in [-0.15, -0.1) is 0 Å². The molecule has 0 saturated carbocycles. The van der Waals surface area contributed by atoms with E-state index in [2.05, 4.69) is 18.6 Å². The number of ether oxygens (including phenoxy) is 1. The largest absolute Gasteiger partial charge is 0.486 e. The predicted molar refractivity (Wildman–Crippen MR) is 81.2 cm³/mol. The third kappa shape index (κ3) is 3.48. The van der Waals surface area contributed by atoms with Crippen LogP contribution in [0.5, 0.6) is 5.75 Å². The molecule has 0 fully saturated rings. The lowest BCUT2D eigenvalue weighted by Gasteiger charge is -2.36. The SMILES string of the molecule is CC(C)C1CN(C)c2cc(S(=O)(=O)NCCO)ccc2O1. The molecule has 2 rings (SSSR count). The van der Waals surface area contributed by atoms with Gasteiger partial charge in [-0.1, -0.05) is 13.8 Å². The van der Waals surface area contributed by atoms with Gasteiger partial charge in [0.05, 0.1) is 23.7 Å². The van der Waals surface area contributed by atoms with Gasteiger partial charge in [-0.3, -0.25) is 0 Å². The number of hydrogen-bond donors (Lipinski definition) is 2. The number of fused-ring (bicyclic) bond motifs is 1. The molecule has 1 unspecified atom stereocenters. The zero-order chi connectivity index (χ0) is 15.6. The van der Waals surface area contributed by atoms with Crippen LogP contribution in [0.3, 0.4) is 0 Å². The molecule has 1 aliphatic rings. The number of hydrogen-bond acceptors (Lipinski definition) is 5. The predicted octanol–water partition coefficient (Wildman–Crippen LogP) is 0.810. The number of nitrogens with zero attached hydrogens (tertiary/aromatic N) is 1. The van der Waals surface area contributed by atoms with Gasteiger partial charge < -0.3 is 14.7 Å². The van der Waals surface area contributed by atoms with Crippen molar-refractivity contribution in [3.63, 3.8) is 0 Å². The zero-order valence-corrected chi connectivity index (χ0v) is 13.4. The third-order valence-electron chi connectivity index (χ3n) is 3.53. The van der Waals surface area contributed by atoms with Crippen molar-refractivity contribution >= 4 is 15.7 Å². The van der Waals surface area contributed by atoms with Crippen molar-refractivity contribution in [2.75, 3.05) is 31.6 Å². The lowest BCUT2D eigenvalue weighted by atomic mass is 10.0. The van der Waals surface area contributed by atoms with Crippen LogP contribution in [0.15, 0.2) is 23.1 Å². The Morgan fingerprint density at radius 2 is 2.19 bits per heavy atom. The molecule has 118 valence electrons. The molecular formula is C14H22N2O4S. The number of sulfonamides is 1. The van der Waals surface area contributed by atoms with Gasteiger partial charge in [0.25, 0.3) is 0 Å². The van der Waals surface area contributed by atoms with E-state index < -0.39 is 10.0 Å². The Morgan fingerprint density at radius 3 is 2.81 bits per heavy atom. The summed E-state index contributed by atoms with van der Waals surface area (Å²) in [6, 6.07) is 4.81. The molecule has 1 atom stereocenters. The van der Waals surface area contributed by atoms with Crippen LogP contribution >= 0.6 is 0 Å². The summed E-state index contributed by atoms with van der Waals surface area (Å²) in [6.45, 7) is 4.69. The maximum Gasteiger partial charge on any atom is 0.240 e. The first-order valence-electron chi connectivity index (χ1n) is 6.97. The molecule has 21 heavy (non-hydrogen) atoms. The molecule has 1 aliphatic heterocycles. The first-order chi connectivity index (χ1) is 9.85. The van der Waals surface area contributed by atoms with Crippen molar-refractivity contribution in [2.45, 2.75) is 24.8 Å². The Labute approximate surface area is 125 Å². The Hall–Kier alpha value is -1.31. The normalized spacial score (nSPS) is 18.5. The average molecular weight is 314 g/mol. The van der Waals surface area contributed by atoms with Crippen LogP contribution in [0.1, 0.15) is 13.8 Å². The standard InChI is InChI=1S/C14H22N2O4S/c1-10(2)14-9-16(3)12-8-11(4-5-13(12)20-14)21(18,19)15-6-7-17/h4-5,8,10,14-15,17H,6-7,9H2,1-3H3. The van der Waals surface area contributed by atoms with Crippen molar-refractivity contribution in [1.29, 1.82) is 0 Å². The first-order valence-corrected chi connectivity index (χ1v) is 8.46. The summed E-state index contributed by atoms with van der Waals surface area (Å²) in [6.07, 6.45) is 0.0949. The Balaban J connectivity index is 2.30. The fourth-order valence-corrected chi connectivity index (χ4v) is 3.28. The highest BCUT2D eigenvalue weighted by molar-refractivity contribution is 7.89. The molecule has 1 aromatic rings. The van der Waals surface area contributed by atoms with Gasteiger partial charge in [-0.25, -0.2) is 13.1 Å². The minimum Gasteiger partial charge on any atom is -0.486 e. The molecule has 0 saturated heterocycles. The topological polar surface area (TPSA) is 78.9 Å². The van der Waals surface area contributed by atoms with Gasteiger partial charge in [0.1, 0.15) is 11.9 Å². The van der Waals surface area contributed by atoms with E-state index in [1.54, 1.807) is 12.1 Å². The number of aliphatic hydroxyl groups is 1. The molecule has 1 aromatic carbocycles. The molecule has 7 heteroatoms. The molecule has 0 bridgehead atoms. The van der Waals surface area contributed by atoms with E-state index in [1.165, 1.54) is 6.07 Å². The van der Waals surface area contributed by atoms with Crippen molar-refractivity contribution in [3.05, 3.63) is 18.2 Å². The molecule has 0 aliphatic carbocycles. The summed E-state index contributed by atoms with van der Waals surface area (Å²) in [5.41, 5.74) is 0.763. The van der Waals surface area contributed by atoms with E-state index in [9.17, 15) is 8.42 Å². The van der Waals surface area contributed by atoms with Crippen LogP contribution in [0.4, 0.5) is 5.69 Å². The second kappa shape index (κ2) is 6.21. The minimum absolute atomic E-state index is 0.00117. The summed E-state index contributed by atoms with van der Waals surface area (Å²) in [5.74, 6) is 1.08. The summed E-state index contributed by atoms with van der Waals surface area (Å²) in [7, 11) is -1.68. The third-order valence-corrected chi connectivity index (χ3v) is 4.99. The van der Waals surface area contributed by atoms with Crippen molar-refractivity contribution in [2.24, 2.45) is 5.92 Å². The first kappa shape index (κ1) is 16.1. The monoisotopic (exact) mass is 314 g/mol.